The molecule has 0 aliphatic rings. The lowest BCUT2D eigenvalue weighted by atomic mass is 10.0. The van der Waals surface area contributed by atoms with Gasteiger partial charge in [0.15, 0.2) is 18.4 Å². The molecule has 0 aliphatic heterocycles. The number of hydrogen-bond donors (Lipinski definition) is 0. The summed E-state index contributed by atoms with van der Waals surface area (Å²) in [7, 11) is 0. The Morgan fingerprint density at radius 1 is 0.850 bits per heavy atom. The molecule has 0 aliphatic carbocycles. The summed E-state index contributed by atoms with van der Waals surface area (Å²) in [6.45, 7) is 6.25. The Kier molecular flexibility index (Phi) is 9.91. The zero-order chi connectivity index (χ0) is 14.5. The summed E-state index contributed by atoms with van der Waals surface area (Å²) in [5.74, 6) is 0. The van der Waals surface area contributed by atoms with E-state index in [9.17, 15) is 0 Å². The number of allylic oxidation sites excluding steroid dienone is 1. The van der Waals surface area contributed by atoms with E-state index >= 15 is 0 Å². The molecule has 1 unspecified atom stereocenters. The second kappa shape index (κ2) is 11.7. The Hall–Kier alpha value is -1.11. The van der Waals surface area contributed by atoms with Gasteiger partial charge in [-0.3, -0.25) is 0 Å². The first kappa shape index (κ1) is 16.9. The van der Waals surface area contributed by atoms with Crippen LogP contribution in [0, 0.1) is 0 Å². The van der Waals surface area contributed by atoms with E-state index in [1.165, 1.54) is 64.2 Å². The fraction of sp³-hybridized carbons (Fsp3) is 0.632. The number of hydrogen-bond acceptors (Lipinski definition) is 0. The SMILES string of the molecule is C=CC(CCCCCCCCCCC)[n+]1ccccc1. The number of aromatic nitrogens is 1. The first-order chi connectivity index (χ1) is 9.88. The first-order valence-corrected chi connectivity index (χ1v) is 8.46. The molecule has 1 nitrogen and oxygen atoms in total. The van der Waals surface area contributed by atoms with Crippen LogP contribution < -0.4 is 4.57 Å². The van der Waals surface area contributed by atoms with E-state index in [2.05, 4.69) is 54.7 Å². The lowest BCUT2D eigenvalue weighted by Crippen LogP contribution is -2.37. The molecule has 1 rings (SSSR count). The normalized spacial score (nSPS) is 12.2. The molecule has 112 valence electrons. The molecule has 1 aromatic heterocycles. The number of unbranched alkanes of at least 4 members (excludes halogenated alkanes) is 8. The average Bonchev–Trinajstić information content (AvgIpc) is 2.50. The van der Waals surface area contributed by atoms with Gasteiger partial charge in [0.05, 0.1) is 0 Å². The fourth-order valence-corrected chi connectivity index (χ4v) is 2.69. The first-order valence-electron chi connectivity index (χ1n) is 8.46. The Balaban J connectivity index is 2.04. The van der Waals surface area contributed by atoms with Crippen LogP contribution in [0.1, 0.15) is 77.2 Å². The minimum Gasteiger partial charge on any atom is -0.199 e. The molecule has 1 atom stereocenters. The molecule has 0 saturated carbocycles. The molecule has 0 radical (unpaired) electrons. The average molecular weight is 274 g/mol. The molecule has 0 N–H and O–H groups in total. The van der Waals surface area contributed by atoms with Crippen molar-refractivity contribution >= 4 is 0 Å². The zero-order valence-electron chi connectivity index (χ0n) is 13.3. The summed E-state index contributed by atoms with van der Waals surface area (Å²) in [6.07, 6.45) is 20.1. The van der Waals surface area contributed by atoms with E-state index in [4.69, 9.17) is 0 Å². The van der Waals surface area contributed by atoms with Gasteiger partial charge in [0.25, 0.3) is 0 Å². The van der Waals surface area contributed by atoms with E-state index in [0.717, 1.165) is 0 Å². The van der Waals surface area contributed by atoms with Crippen molar-refractivity contribution in [3.8, 4) is 0 Å². The lowest BCUT2D eigenvalue weighted by Gasteiger charge is -2.07. The van der Waals surface area contributed by atoms with Crippen molar-refractivity contribution in [1.82, 2.24) is 0 Å². The molecular formula is C19H32N+. The predicted molar refractivity (Wildman–Crippen MR) is 87.7 cm³/mol. The van der Waals surface area contributed by atoms with Gasteiger partial charge in [-0.25, -0.2) is 0 Å². The van der Waals surface area contributed by atoms with Gasteiger partial charge in [0, 0.05) is 18.6 Å². The minimum absolute atomic E-state index is 0.459. The number of nitrogens with zero attached hydrogens (tertiary/aromatic N) is 1. The molecule has 0 saturated heterocycles. The van der Waals surface area contributed by atoms with Gasteiger partial charge in [0.1, 0.15) is 0 Å². The van der Waals surface area contributed by atoms with Crippen LogP contribution in [0.5, 0.6) is 0 Å². The number of pyridine rings is 1. The summed E-state index contributed by atoms with van der Waals surface area (Å²) < 4.78 is 2.26. The molecule has 0 bridgehead atoms. The fourth-order valence-electron chi connectivity index (χ4n) is 2.69. The van der Waals surface area contributed by atoms with Crippen LogP contribution in [0.15, 0.2) is 43.2 Å². The van der Waals surface area contributed by atoms with Crippen molar-refractivity contribution in [2.24, 2.45) is 0 Å². The highest BCUT2D eigenvalue weighted by molar-refractivity contribution is 4.85. The molecule has 0 amide bonds. The molecule has 0 aromatic carbocycles. The quantitative estimate of drug-likeness (QED) is 0.264. The highest BCUT2D eigenvalue weighted by atomic mass is 15.0. The van der Waals surface area contributed by atoms with E-state index in [1.807, 2.05) is 0 Å². The maximum Gasteiger partial charge on any atom is 0.176 e. The van der Waals surface area contributed by atoms with Gasteiger partial charge in [-0.15, -0.1) is 0 Å². The smallest absolute Gasteiger partial charge is 0.176 e. The van der Waals surface area contributed by atoms with Gasteiger partial charge in [-0.2, -0.15) is 4.57 Å². The van der Waals surface area contributed by atoms with E-state index in [-0.39, 0.29) is 0 Å². The Morgan fingerprint density at radius 2 is 1.40 bits per heavy atom. The van der Waals surface area contributed by atoms with Crippen LogP contribution in [0.25, 0.3) is 0 Å². The van der Waals surface area contributed by atoms with Crippen molar-refractivity contribution < 1.29 is 4.57 Å². The second-order valence-corrected chi connectivity index (χ2v) is 5.74. The summed E-state index contributed by atoms with van der Waals surface area (Å²) >= 11 is 0. The third-order valence-corrected chi connectivity index (χ3v) is 4.00. The summed E-state index contributed by atoms with van der Waals surface area (Å²) in [4.78, 5) is 0. The van der Waals surface area contributed by atoms with Crippen LogP contribution in [0.4, 0.5) is 0 Å². The Morgan fingerprint density at radius 3 is 1.95 bits per heavy atom. The van der Waals surface area contributed by atoms with Crippen LogP contribution >= 0.6 is 0 Å². The molecular weight excluding hydrogens is 242 g/mol. The standard InChI is InChI=1S/C19H32N/c1-3-5-6-7-8-9-10-11-13-16-19(4-2)20-17-14-12-15-18-20/h4,12,14-15,17-19H,2-3,5-11,13,16H2,1H3/q+1. The topological polar surface area (TPSA) is 3.88 Å². The number of rotatable bonds is 12. The predicted octanol–water partition coefficient (Wildman–Crippen LogP) is 5.62. The van der Waals surface area contributed by atoms with Crippen molar-refractivity contribution in [2.75, 3.05) is 0 Å². The van der Waals surface area contributed by atoms with E-state index < -0.39 is 0 Å². The largest absolute Gasteiger partial charge is 0.199 e. The maximum atomic E-state index is 3.97. The van der Waals surface area contributed by atoms with Crippen molar-refractivity contribution in [2.45, 2.75) is 77.2 Å². The van der Waals surface area contributed by atoms with Gasteiger partial charge >= 0.3 is 0 Å². The Bertz CT molecular complexity index is 331. The van der Waals surface area contributed by atoms with Crippen molar-refractivity contribution in [3.63, 3.8) is 0 Å². The van der Waals surface area contributed by atoms with Crippen LogP contribution in [-0.4, -0.2) is 0 Å². The van der Waals surface area contributed by atoms with Gasteiger partial charge < -0.3 is 0 Å². The molecule has 20 heavy (non-hydrogen) atoms. The highest BCUT2D eigenvalue weighted by Gasteiger charge is 2.12. The van der Waals surface area contributed by atoms with E-state index in [1.54, 1.807) is 0 Å². The maximum absolute atomic E-state index is 3.97. The molecule has 1 heteroatoms. The van der Waals surface area contributed by atoms with Crippen LogP contribution in [0.3, 0.4) is 0 Å². The van der Waals surface area contributed by atoms with E-state index in [0.29, 0.717) is 6.04 Å². The highest BCUT2D eigenvalue weighted by Crippen LogP contribution is 2.14. The summed E-state index contributed by atoms with van der Waals surface area (Å²) in [6, 6.07) is 6.70. The zero-order valence-corrected chi connectivity index (χ0v) is 13.3. The van der Waals surface area contributed by atoms with Crippen molar-refractivity contribution in [3.05, 3.63) is 43.2 Å². The van der Waals surface area contributed by atoms with Crippen LogP contribution in [-0.2, 0) is 0 Å². The molecule has 0 spiro atoms. The third-order valence-electron chi connectivity index (χ3n) is 4.00. The molecule has 1 heterocycles. The lowest BCUT2D eigenvalue weighted by molar-refractivity contribution is -0.713. The summed E-state index contributed by atoms with van der Waals surface area (Å²) in [5, 5.41) is 0. The van der Waals surface area contributed by atoms with Gasteiger partial charge in [0.2, 0.25) is 0 Å². The Labute approximate surface area is 125 Å². The van der Waals surface area contributed by atoms with Gasteiger partial charge in [-0.1, -0.05) is 70.9 Å². The van der Waals surface area contributed by atoms with Crippen LogP contribution in [0.2, 0.25) is 0 Å². The van der Waals surface area contributed by atoms with Gasteiger partial charge in [-0.05, 0) is 12.5 Å². The molecule has 1 aromatic rings. The second-order valence-electron chi connectivity index (χ2n) is 5.74. The molecule has 0 fully saturated rings. The summed E-state index contributed by atoms with van der Waals surface area (Å²) in [5.41, 5.74) is 0. The minimum atomic E-state index is 0.459. The monoisotopic (exact) mass is 274 g/mol. The van der Waals surface area contributed by atoms with Crippen molar-refractivity contribution in [1.29, 1.82) is 0 Å². The third kappa shape index (κ3) is 7.47.